The molecule has 5 nitrogen and oxygen atoms in total. The van der Waals surface area contributed by atoms with Crippen LogP contribution in [0.15, 0.2) is 30.5 Å². The van der Waals surface area contributed by atoms with Crippen LogP contribution in [-0.4, -0.2) is 28.8 Å². The Kier molecular flexibility index (Phi) is 4.92. The van der Waals surface area contributed by atoms with Crippen LogP contribution < -0.4 is 10.6 Å². The van der Waals surface area contributed by atoms with Crippen molar-refractivity contribution in [1.29, 1.82) is 0 Å². The maximum atomic E-state index is 12.6. The molecule has 1 saturated carbocycles. The van der Waals surface area contributed by atoms with Gasteiger partial charge in [-0.3, -0.25) is 9.48 Å². The molecule has 1 aromatic heterocycles. The van der Waals surface area contributed by atoms with E-state index in [4.69, 9.17) is 0 Å². The van der Waals surface area contributed by atoms with Gasteiger partial charge >= 0.3 is 0 Å². The summed E-state index contributed by atoms with van der Waals surface area (Å²) in [6.45, 7) is 1.56. The maximum Gasteiger partial charge on any atom is 0.254 e. The van der Waals surface area contributed by atoms with Crippen molar-refractivity contribution in [3.8, 4) is 0 Å². The van der Waals surface area contributed by atoms with E-state index in [0.717, 1.165) is 37.1 Å². The minimum Gasteiger partial charge on any atom is -0.350 e. The average Bonchev–Trinajstić information content (AvgIpc) is 3.34. The molecule has 2 N–H and O–H groups in total. The van der Waals surface area contributed by atoms with Crippen LogP contribution in [0.2, 0.25) is 0 Å². The number of fused-ring (bicyclic) bond motifs is 1. The van der Waals surface area contributed by atoms with E-state index in [1.54, 1.807) is 6.20 Å². The summed E-state index contributed by atoms with van der Waals surface area (Å²) >= 11 is 0. The molecule has 1 fully saturated rings. The fourth-order valence-electron chi connectivity index (χ4n) is 3.53. The molecule has 1 amide bonds. The zero-order chi connectivity index (χ0) is 15.8. The minimum absolute atomic E-state index is 0. The quantitative estimate of drug-likeness (QED) is 0.893. The van der Waals surface area contributed by atoms with Crippen LogP contribution in [0, 0.1) is 0 Å². The van der Waals surface area contributed by atoms with Gasteiger partial charge in [0.05, 0.1) is 17.5 Å². The predicted octanol–water partition coefficient (Wildman–Crippen LogP) is 2.34. The lowest BCUT2D eigenvalue weighted by Gasteiger charge is -2.27. The number of nitrogens with one attached hydrogen (secondary N) is 2. The summed E-state index contributed by atoms with van der Waals surface area (Å²) in [6.07, 6.45) is 5.08. The molecule has 1 unspecified atom stereocenters. The lowest BCUT2D eigenvalue weighted by molar-refractivity contribution is 0.0948. The standard InChI is InChI=1S/C18H22N4O.ClH/c1-22-17(13-6-7-13)15(10-21-22)18(23)20-11-16-14-5-3-2-4-12(14)8-9-19-16;/h2-5,10,13,16,19H,6-9,11H2,1H3,(H,20,23);1H. The molecule has 24 heavy (non-hydrogen) atoms. The van der Waals surface area contributed by atoms with Gasteiger partial charge in [0.15, 0.2) is 0 Å². The third-order valence-corrected chi connectivity index (χ3v) is 4.88. The molecule has 1 aromatic carbocycles. The molecule has 1 aliphatic heterocycles. The Balaban J connectivity index is 0.00000169. The summed E-state index contributed by atoms with van der Waals surface area (Å²) in [7, 11) is 1.92. The van der Waals surface area contributed by atoms with E-state index in [1.165, 1.54) is 11.1 Å². The third kappa shape index (κ3) is 3.19. The topological polar surface area (TPSA) is 59.0 Å². The van der Waals surface area contributed by atoms with Gasteiger partial charge in [-0.05, 0) is 36.9 Å². The number of amides is 1. The van der Waals surface area contributed by atoms with Crippen molar-refractivity contribution in [2.75, 3.05) is 13.1 Å². The monoisotopic (exact) mass is 346 g/mol. The van der Waals surface area contributed by atoms with Gasteiger partial charge in [0.1, 0.15) is 0 Å². The van der Waals surface area contributed by atoms with Crippen molar-refractivity contribution < 1.29 is 4.79 Å². The second-order valence-electron chi connectivity index (χ2n) is 6.51. The molecule has 1 aliphatic carbocycles. The zero-order valence-corrected chi connectivity index (χ0v) is 14.6. The van der Waals surface area contributed by atoms with Crippen molar-refractivity contribution in [2.24, 2.45) is 7.05 Å². The van der Waals surface area contributed by atoms with Gasteiger partial charge in [-0.2, -0.15) is 5.10 Å². The number of rotatable bonds is 4. The number of nitrogens with zero attached hydrogens (tertiary/aromatic N) is 2. The summed E-state index contributed by atoms with van der Waals surface area (Å²) in [5, 5.41) is 10.9. The van der Waals surface area contributed by atoms with E-state index in [1.807, 2.05) is 11.7 Å². The Morgan fingerprint density at radius 3 is 2.96 bits per heavy atom. The number of carbonyl (C=O) groups excluding carboxylic acids is 1. The molecule has 4 rings (SSSR count). The summed E-state index contributed by atoms with van der Waals surface area (Å²) in [6, 6.07) is 8.66. The highest BCUT2D eigenvalue weighted by molar-refractivity contribution is 5.95. The van der Waals surface area contributed by atoms with Crippen molar-refractivity contribution in [2.45, 2.75) is 31.2 Å². The molecule has 0 spiro atoms. The molecule has 0 radical (unpaired) electrons. The predicted molar refractivity (Wildman–Crippen MR) is 95.7 cm³/mol. The number of aromatic nitrogens is 2. The number of hydrogen-bond acceptors (Lipinski definition) is 3. The lowest BCUT2D eigenvalue weighted by Crippen LogP contribution is -2.39. The van der Waals surface area contributed by atoms with E-state index < -0.39 is 0 Å². The SMILES string of the molecule is Cl.Cn1ncc(C(=O)NCC2NCCc3ccccc32)c1C1CC1. The Labute approximate surface area is 148 Å². The largest absolute Gasteiger partial charge is 0.350 e. The van der Waals surface area contributed by atoms with Crippen molar-refractivity contribution >= 4 is 18.3 Å². The van der Waals surface area contributed by atoms with Gasteiger partial charge in [-0.1, -0.05) is 24.3 Å². The number of hydrogen-bond donors (Lipinski definition) is 2. The summed E-state index contributed by atoms with van der Waals surface area (Å²) in [4.78, 5) is 12.6. The molecular weight excluding hydrogens is 324 g/mol. The van der Waals surface area contributed by atoms with E-state index in [0.29, 0.717) is 12.5 Å². The Morgan fingerprint density at radius 2 is 2.17 bits per heavy atom. The number of aryl methyl sites for hydroxylation is 1. The van der Waals surface area contributed by atoms with Gasteiger partial charge in [-0.25, -0.2) is 0 Å². The van der Waals surface area contributed by atoms with E-state index >= 15 is 0 Å². The van der Waals surface area contributed by atoms with Crippen molar-refractivity contribution in [3.63, 3.8) is 0 Å². The highest BCUT2D eigenvalue weighted by Gasteiger charge is 2.31. The minimum atomic E-state index is -0.00939. The van der Waals surface area contributed by atoms with Gasteiger partial charge in [0, 0.05) is 25.6 Å². The van der Waals surface area contributed by atoms with Gasteiger partial charge in [0.25, 0.3) is 5.91 Å². The van der Waals surface area contributed by atoms with E-state index in [9.17, 15) is 4.79 Å². The van der Waals surface area contributed by atoms with Gasteiger partial charge in [0.2, 0.25) is 0 Å². The van der Waals surface area contributed by atoms with Crippen LogP contribution in [0.3, 0.4) is 0 Å². The first kappa shape index (κ1) is 17.0. The fraction of sp³-hybridized carbons (Fsp3) is 0.444. The first-order valence-electron chi connectivity index (χ1n) is 8.35. The smallest absolute Gasteiger partial charge is 0.254 e. The normalized spacial score (nSPS) is 19.3. The van der Waals surface area contributed by atoms with Gasteiger partial charge in [-0.15, -0.1) is 12.4 Å². The van der Waals surface area contributed by atoms with Crippen molar-refractivity contribution in [1.82, 2.24) is 20.4 Å². The molecule has 128 valence electrons. The molecule has 2 aliphatic rings. The first-order valence-corrected chi connectivity index (χ1v) is 8.35. The number of benzene rings is 1. The van der Waals surface area contributed by atoms with E-state index in [-0.39, 0.29) is 24.4 Å². The molecule has 0 saturated heterocycles. The molecular formula is C18H23ClN4O. The van der Waals surface area contributed by atoms with Crippen LogP contribution in [-0.2, 0) is 13.5 Å². The Bertz CT molecular complexity index is 738. The molecule has 6 heteroatoms. The summed E-state index contributed by atoms with van der Waals surface area (Å²) in [5.41, 5.74) is 4.50. The lowest BCUT2D eigenvalue weighted by atomic mass is 9.94. The molecule has 2 heterocycles. The first-order chi connectivity index (χ1) is 11.2. The van der Waals surface area contributed by atoms with Crippen LogP contribution in [0.4, 0.5) is 0 Å². The number of halogens is 1. The van der Waals surface area contributed by atoms with Gasteiger partial charge < -0.3 is 10.6 Å². The van der Waals surface area contributed by atoms with Crippen LogP contribution >= 0.6 is 12.4 Å². The second-order valence-corrected chi connectivity index (χ2v) is 6.51. The summed E-state index contributed by atoms with van der Waals surface area (Å²) in [5.74, 6) is 0.502. The van der Waals surface area contributed by atoms with Crippen LogP contribution in [0.5, 0.6) is 0 Å². The Hall–Kier alpha value is -1.85. The zero-order valence-electron chi connectivity index (χ0n) is 13.8. The third-order valence-electron chi connectivity index (χ3n) is 4.88. The fourth-order valence-corrected chi connectivity index (χ4v) is 3.53. The molecule has 0 bridgehead atoms. The van der Waals surface area contributed by atoms with E-state index in [2.05, 4.69) is 40.0 Å². The highest BCUT2D eigenvalue weighted by Crippen LogP contribution is 2.41. The average molecular weight is 347 g/mol. The van der Waals surface area contributed by atoms with Crippen LogP contribution in [0.25, 0.3) is 0 Å². The number of carbonyl (C=O) groups is 1. The maximum absolute atomic E-state index is 12.6. The Morgan fingerprint density at radius 1 is 1.38 bits per heavy atom. The highest BCUT2D eigenvalue weighted by atomic mass is 35.5. The van der Waals surface area contributed by atoms with Crippen molar-refractivity contribution in [3.05, 3.63) is 52.8 Å². The summed E-state index contributed by atoms with van der Waals surface area (Å²) < 4.78 is 1.85. The van der Waals surface area contributed by atoms with Crippen LogP contribution in [0.1, 0.15) is 52.0 Å². The second kappa shape index (κ2) is 6.95. The molecule has 2 aromatic rings. The molecule has 1 atom stereocenters.